The summed E-state index contributed by atoms with van der Waals surface area (Å²) in [5, 5.41) is 9.17. The molecule has 0 aliphatic rings. The van der Waals surface area contributed by atoms with Crippen molar-refractivity contribution in [2.24, 2.45) is 0 Å². The van der Waals surface area contributed by atoms with Crippen molar-refractivity contribution in [2.75, 3.05) is 17.2 Å². The van der Waals surface area contributed by atoms with Gasteiger partial charge in [0.2, 0.25) is 5.91 Å². The number of amides is 1. The maximum absolute atomic E-state index is 12.0. The maximum atomic E-state index is 12.0. The second-order valence-corrected chi connectivity index (χ2v) is 5.82. The minimum atomic E-state index is -0.363. The Kier molecular flexibility index (Phi) is 5.30. The summed E-state index contributed by atoms with van der Waals surface area (Å²) in [5.74, 6) is 2.00. The molecule has 1 rings (SSSR count). The average Bonchev–Trinajstić information content (AvgIpc) is 2.26. The van der Waals surface area contributed by atoms with Crippen molar-refractivity contribution in [2.45, 2.75) is 53.1 Å². The van der Waals surface area contributed by atoms with Crippen molar-refractivity contribution in [3.05, 3.63) is 11.9 Å². The first-order valence-electron chi connectivity index (χ1n) is 6.89. The van der Waals surface area contributed by atoms with Crippen molar-refractivity contribution in [3.8, 4) is 0 Å². The van der Waals surface area contributed by atoms with E-state index in [1.54, 1.807) is 6.07 Å². The van der Waals surface area contributed by atoms with E-state index in [9.17, 15) is 4.79 Å². The van der Waals surface area contributed by atoms with Crippen molar-refractivity contribution in [1.29, 1.82) is 0 Å². The highest BCUT2D eigenvalue weighted by atomic mass is 16.2. The number of nitrogens with zero attached hydrogens (tertiary/aromatic N) is 2. The number of anilines is 2. The Morgan fingerprint density at radius 2 is 1.90 bits per heavy atom. The molecule has 0 radical (unpaired) electrons. The van der Waals surface area contributed by atoms with E-state index < -0.39 is 0 Å². The van der Waals surface area contributed by atoms with Gasteiger partial charge in [-0.3, -0.25) is 4.79 Å². The number of rotatable bonds is 5. The summed E-state index contributed by atoms with van der Waals surface area (Å²) < 4.78 is 0. The highest BCUT2D eigenvalue weighted by Gasteiger charge is 2.19. The van der Waals surface area contributed by atoms with Gasteiger partial charge in [0.05, 0.1) is 0 Å². The van der Waals surface area contributed by atoms with Crippen molar-refractivity contribution in [3.63, 3.8) is 0 Å². The van der Waals surface area contributed by atoms with Gasteiger partial charge in [-0.2, -0.15) is 0 Å². The Bertz CT molecular complexity index is 467. The predicted octanol–water partition coefficient (Wildman–Crippen LogP) is 1.93. The number of hydrogen-bond acceptors (Lipinski definition) is 5. The molecule has 1 atom stereocenters. The van der Waals surface area contributed by atoms with Gasteiger partial charge < -0.3 is 16.0 Å². The number of nitrogens with one attached hydrogen (secondary N) is 3. The van der Waals surface area contributed by atoms with Crippen LogP contribution < -0.4 is 16.0 Å². The second kappa shape index (κ2) is 6.54. The number of aryl methyl sites for hydroxylation is 1. The fraction of sp³-hybridized carbons (Fsp3) is 0.643. The molecule has 1 aromatic heterocycles. The summed E-state index contributed by atoms with van der Waals surface area (Å²) in [6.45, 7) is 12.3. The molecule has 1 amide bonds. The highest BCUT2D eigenvalue weighted by Crippen LogP contribution is 2.12. The Morgan fingerprint density at radius 1 is 1.30 bits per heavy atom. The van der Waals surface area contributed by atoms with Crippen molar-refractivity contribution in [1.82, 2.24) is 15.3 Å². The third-order valence-electron chi connectivity index (χ3n) is 2.45. The van der Waals surface area contributed by atoms with Crippen molar-refractivity contribution >= 4 is 17.5 Å². The van der Waals surface area contributed by atoms with Crippen LogP contribution in [0.3, 0.4) is 0 Å². The number of carbonyl (C=O) groups is 1. The van der Waals surface area contributed by atoms with E-state index in [1.165, 1.54) is 0 Å². The zero-order valence-corrected chi connectivity index (χ0v) is 13.2. The van der Waals surface area contributed by atoms with Gasteiger partial charge in [0.15, 0.2) is 0 Å². The summed E-state index contributed by atoms with van der Waals surface area (Å²) in [7, 11) is 0. The van der Waals surface area contributed by atoms with Crippen molar-refractivity contribution < 1.29 is 4.79 Å². The number of aromatic nitrogens is 2. The molecule has 0 saturated carbocycles. The van der Waals surface area contributed by atoms with Crippen LogP contribution in [0.2, 0.25) is 0 Å². The molecule has 0 fully saturated rings. The van der Waals surface area contributed by atoms with Gasteiger partial charge in [-0.1, -0.05) is 0 Å². The molecule has 0 aliphatic heterocycles. The monoisotopic (exact) mass is 279 g/mol. The minimum Gasteiger partial charge on any atom is -0.370 e. The molecule has 1 aromatic rings. The van der Waals surface area contributed by atoms with Gasteiger partial charge in [-0.05, 0) is 41.5 Å². The molecule has 6 nitrogen and oxygen atoms in total. The standard InChI is InChI=1S/C14H25N5O/c1-7-15-11-8-12(18-10(3)17-11)16-9(2)13(20)19-14(4,5)6/h8-9H,7H2,1-6H3,(H,19,20)(H2,15,16,17,18). The lowest BCUT2D eigenvalue weighted by Gasteiger charge is -2.24. The van der Waals surface area contributed by atoms with Crippen LogP contribution in [0.4, 0.5) is 11.6 Å². The highest BCUT2D eigenvalue weighted by molar-refractivity contribution is 5.84. The molecule has 0 bridgehead atoms. The molecular formula is C14H25N5O. The van der Waals surface area contributed by atoms with Crippen LogP contribution in [0.1, 0.15) is 40.4 Å². The van der Waals surface area contributed by atoms with Gasteiger partial charge in [-0.25, -0.2) is 9.97 Å². The van der Waals surface area contributed by atoms with E-state index in [-0.39, 0.29) is 17.5 Å². The quantitative estimate of drug-likeness (QED) is 0.767. The lowest BCUT2D eigenvalue weighted by Crippen LogP contribution is -2.47. The summed E-state index contributed by atoms with van der Waals surface area (Å²) >= 11 is 0. The minimum absolute atomic E-state index is 0.0567. The predicted molar refractivity (Wildman–Crippen MR) is 81.9 cm³/mol. The summed E-state index contributed by atoms with van der Waals surface area (Å²) in [4.78, 5) is 20.6. The smallest absolute Gasteiger partial charge is 0.242 e. The van der Waals surface area contributed by atoms with Crippen LogP contribution in [-0.2, 0) is 4.79 Å². The lowest BCUT2D eigenvalue weighted by atomic mass is 10.1. The van der Waals surface area contributed by atoms with Gasteiger partial charge in [-0.15, -0.1) is 0 Å². The second-order valence-electron chi connectivity index (χ2n) is 5.82. The zero-order chi connectivity index (χ0) is 15.3. The van der Waals surface area contributed by atoms with E-state index >= 15 is 0 Å². The fourth-order valence-corrected chi connectivity index (χ4v) is 1.68. The molecule has 0 saturated heterocycles. The molecule has 3 N–H and O–H groups in total. The SMILES string of the molecule is CCNc1cc(NC(C)C(=O)NC(C)(C)C)nc(C)n1. The van der Waals surface area contributed by atoms with E-state index in [1.807, 2.05) is 41.5 Å². The Hall–Kier alpha value is -1.85. The summed E-state index contributed by atoms with van der Waals surface area (Å²) in [6.07, 6.45) is 0. The molecule has 0 aromatic carbocycles. The van der Waals surface area contributed by atoms with Crippen LogP contribution >= 0.6 is 0 Å². The first-order chi connectivity index (χ1) is 9.21. The molecule has 1 unspecified atom stereocenters. The molecule has 6 heteroatoms. The summed E-state index contributed by atoms with van der Waals surface area (Å²) in [5.41, 5.74) is -0.246. The molecule has 112 valence electrons. The summed E-state index contributed by atoms with van der Waals surface area (Å²) in [6, 6.07) is 1.44. The third kappa shape index (κ3) is 5.42. The first-order valence-corrected chi connectivity index (χ1v) is 6.89. The van der Waals surface area contributed by atoms with Crippen LogP contribution in [0.5, 0.6) is 0 Å². The van der Waals surface area contributed by atoms with Gasteiger partial charge >= 0.3 is 0 Å². The normalized spacial score (nSPS) is 12.7. The molecule has 20 heavy (non-hydrogen) atoms. The lowest BCUT2D eigenvalue weighted by molar-refractivity contribution is -0.122. The van der Waals surface area contributed by atoms with Crippen LogP contribution in [-0.4, -0.2) is 34.0 Å². The third-order valence-corrected chi connectivity index (χ3v) is 2.45. The Balaban J connectivity index is 2.74. The largest absolute Gasteiger partial charge is 0.370 e. The first kappa shape index (κ1) is 16.2. The topological polar surface area (TPSA) is 78.9 Å². The van der Waals surface area contributed by atoms with Gasteiger partial charge in [0.1, 0.15) is 23.5 Å². The molecule has 0 spiro atoms. The van der Waals surface area contributed by atoms with E-state index in [0.717, 1.165) is 12.4 Å². The van der Waals surface area contributed by atoms with Gasteiger partial charge in [0.25, 0.3) is 0 Å². The van der Waals surface area contributed by atoms with E-state index in [4.69, 9.17) is 0 Å². The molecule has 1 heterocycles. The van der Waals surface area contributed by atoms with E-state index in [0.29, 0.717) is 11.6 Å². The maximum Gasteiger partial charge on any atom is 0.242 e. The van der Waals surface area contributed by atoms with Crippen LogP contribution in [0, 0.1) is 6.92 Å². The van der Waals surface area contributed by atoms with E-state index in [2.05, 4.69) is 25.9 Å². The zero-order valence-electron chi connectivity index (χ0n) is 13.2. The Morgan fingerprint density at radius 3 is 2.45 bits per heavy atom. The Labute approximate surface area is 120 Å². The average molecular weight is 279 g/mol. The number of hydrogen-bond donors (Lipinski definition) is 3. The van der Waals surface area contributed by atoms with Crippen LogP contribution in [0.15, 0.2) is 6.07 Å². The molecule has 0 aliphatic carbocycles. The molecular weight excluding hydrogens is 254 g/mol. The van der Waals surface area contributed by atoms with Gasteiger partial charge in [0, 0.05) is 18.2 Å². The number of carbonyl (C=O) groups excluding carboxylic acids is 1. The fourth-order valence-electron chi connectivity index (χ4n) is 1.68. The van der Waals surface area contributed by atoms with Crippen LogP contribution in [0.25, 0.3) is 0 Å².